The number of amides is 1. The van der Waals surface area contributed by atoms with Crippen LogP contribution in [-0.4, -0.2) is 96.7 Å². The van der Waals surface area contributed by atoms with Crippen molar-refractivity contribution in [2.45, 2.75) is 11.5 Å². The monoisotopic (exact) mass is 619 g/mol. The van der Waals surface area contributed by atoms with Gasteiger partial charge in [0.25, 0.3) is 5.91 Å². The lowest BCUT2D eigenvalue weighted by Gasteiger charge is -2.16. The summed E-state index contributed by atoms with van der Waals surface area (Å²) in [6.07, 6.45) is 1.63. The lowest BCUT2D eigenvalue weighted by Crippen LogP contribution is -2.29. The molecule has 1 aromatic carbocycles. The molecule has 16 heteroatoms. The molecule has 0 spiro atoms. The molecular weight excluding hydrogens is 591 g/mol. The largest absolute Gasteiger partial charge is 0.476 e. The highest BCUT2D eigenvalue weighted by atomic mass is 32.2. The van der Waals surface area contributed by atoms with Crippen LogP contribution < -0.4 is 10.1 Å². The second-order valence-electron chi connectivity index (χ2n) is 8.81. The maximum atomic E-state index is 13.4. The molecule has 0 radical (unpaired) electrons. The summed E-state index contributed by atoms with van der Waals surface area (Å²) in [6.45, 7) is 0.904. The minimum atomic E-state index is -3.82. The number of aromatic nitrogens is 3. The number of oxime groups is 1. The fraction of sp³-hybridized carbons (Fsp3) is 0.320. The topological polar surface area (TPSA) is 159 Å². The van der Waals surface area contributed by atoms with Crippen molar-refractivity contribution in [1.82, 2.24) is 24.2 Å². The van der Waals surface area contributed by atoms with Gasteiger partial charge in [0.05, 0.1) is 11.5 Å². The number of nitrogens with one attached hydrogen (secondary N) is 1. The normalized spacial score (nSPS) is 12.3. The molecule has 218 valence electrons. The first-order chi connectivity index (χ1) is 19.7. The highest BCUT2D eigenvalue weighted by Gasteiger charge is 2.23. The van der Waals surface area contributed by atoms with Crippen molar-refractivity contribution in [3.8, 4) is 5.88 Å². The van der Waals surface area contributed by atoms with E-state index in [9.17, 15) is 13.2 Å². The Kier molecular flexibility index (Phi) is 10.3. The van der Waals surface area contributed by atoms with Crippen LogP contribution in [-0.2, 0) is 26.3 Å². The first-order valence-electron chi connectivity index (χ1n) is 12.3. The quantitative estimate of drug-likeness (QED) is 0.158. The van der Waals surface area contributed by atoms with Crippen LogP contribution in [0.5, 0.6) is 5.88 Å². The summed E-state index contributed by atoms with van der Waals surface area (Å²) in [7, 11) is 1.46. The average Bonchev–Trinajstić information content (AvgIpc) is 3.60. The fourth-order valence-corrected chi connectivity index (χ4v) is 5.86. The Morgan fingerprint density at radius 3 is 2.56 bits per heavy atom. The summed E-state index contributed by atoms with van der Waals surface area (Å²) in [5.74, 6) is -0.156. The van der Waals surface area contributed by atoms with Crippen LogP contribution in [0.15, 0.2) is 58.0 Å². The molecule has 3 aromatic heterocycles. The van der Waals surface area contributed by atoms with Crippen LogP contribution in [0.1, 0.15) is 10.6 Å². The molecule has 4 aromatic rings. The van der Waals surface area contributed by atoms with Crippen molar-refractivity contribution in [3.05, 3.63) is 58.5 Å². The summed E-state index contributed by atoms with van der Waals surface area (Å²) in [5.41, 5.74) is 0.820. The molecule has 41 heavy (non-hydrogen) atoms. The van der Waals surface area contributed by atoms with Crippen LogP contribution >= 0.6 is 22.7 Å². The van der Waals surface area contributed by atoms with E-state index in [0.29, 0.717) is 38.5 Å². The number of nitrogens with zero attached hydrogens (tertiary/aromatic N) is 6. The van der Waals surface area contributed by atoms with E-state index in [0.717, 1.165) is 10.8 Å². The molecular formula is C25H29N7O6S3. The Hall–Kier alpha value is -3.54. The smallest absolute Gasteiger partial charge is 0.280 e. The number of carbonyl (C=O) groups is 1. The molecule has 2 N–H and O–H groups in total. The third kappa shape index (κ3) is 8.02. The van der Waals surface area contributed by atoms with Gasteiger partial charge in [-0.25, -0.2) is 23.4 Å². The van der Waals surface area contributed by atoms with Crippen LogP contribution in [0.3, 0.4) is 0 Å². The van der Waals surface area contributed by atoms with Crippen LogP contribution in [0.4, 0.5) is 5.13 Å². The van der Waals surface area contributed by atoms with Gasteiger partial charge < -0.3 is 19.6 Å². The van der Waals surface area contributed by atoms with E-state index in [1.165, 1.54) is 54.0 Å². The van der Waals surface area contributed by atoms with Gasteiger partial charge in [0.15, 0.2) is 17.5 Å². The zero-order chi connectivity index (χ0) is 29.4. The first kappa shape index (κ1) is 30.4. The Balaban J connectivity index is 1.55. The molecule has 0 aliphatic rings. The minimum Gasteiger partial charge on any atom is -0.476 e. The molecule has 3 heterocycles. The van der Waals surface area contributed by atoms with Crippen molar-refractivity contribution >= 4 is 59.8 Å². The molecule has 1 amide bonds. The molecule has 0 unspecified atom stereocenters. The minimum absolute atomic E-state index is 0.00140. The van der Waals surface area contributed by atoms with Crippen molar-refractivity contribution in [2.75, 3.05) is 52.8 Å². The number of aliphatic hydroxyl groups excluding tert-OH is 1. The molecule has 4 rings (SSSR count). The van der Waals surface area contributed by atoms with Crippen molar-refractivity contribution in [1.29, 1.82) is 0 Å². The highest BCUT2D eigenvalue weighted by molar-refractivity contribution is 7.89. The van der Waals surface area contributed by atoms with Crippen LogP contribution in [0.25, 0.3) is 10.3 Å². The van der Waals surface area contributed by atoms with E-state index in [2.05, 4.69) is 25.4 Å². The number of fused-ring (bicyclic) bond motifs is 1. The van der Waals surface area contributed by atoms with E-state index in [-0.39, 0.29) is 30.4 Å². The van der Waals surface area contributed by atoms with Crippen LogP contribution in [0, 0.1) is 0 Å². The molecule has 0 aliphatic carbocycles. The number of carbonyl (C=O) groups excluding carboxylic acids is 1. The number of sulfonamides is 1. The third-order valence-corrected chi connectivity index (χ3v) is 9.04. The molecule has 0 saturated carbocycles. The van der Waals surface area contributed by atoms with Gasteiger partial charge in [0.2, 0.25) is 15.9 Å². The number of ether oxygens (including phenoxy) is 1. The van der Waals surface area contributed by atoms with Gasteiger partial charge in [0, 0.05) is 43.3 Å². The zero-order valence-corrected chi connectivity index (χ0v) is 25.0. The second-order valence-corrected chi connectivity index (χ2v) is 12.8. The number of likely N-dealkylation sites (N-methyl/N-ethyl adjacent to an activating group) is 2. The van der Waals surface area contributed by atoms with E-state index in [1.807, 2.05) is 19.0 Å². The summed E-state index contributed by atoms with van der Waals surface area (Å²) in [6, 6.07) is 9.13. The summed E-state index contributed by atoms with van der Waals surface area (Å²) < 4.78 is 32.2. The predicted molar refractivity (Wildman–Crippen MR) is 157 cm³/mol. The van der Waals surface area contributed by atoms with Gasteiger partial charge in [-0.3, -0.25) is 10.1 Å². The van der Waals surface area contributed by atoms with Crippen LogP contribution in [0.2, 0.25) is 0 Å². The molecule has 0 atom stereocenters. The fourth-order valence-electron chi connectivity index (χ4n) is 3.35. The lowest BCUT2D eigenvalue weighted by molar-refractivity contribution is -0.110. The summed E-state index contributed by atoms with van der Waals surface area (Å²) in [5, 5.41) is 18.7. The van der Waals surface area contributed by atoms with Crippen molar-refractivity contribution < 1.29 is 27.9 Å². The van der Waals surface area contributed by atoms with Gasteiger partial charge in [-0.05, 0) is 32.3 Å². The van der Waals surface area contributed by atoms with Crippen molar-refractivity contribution in [3.63, 3.8) is 0 Å². The van der Waals surface area contributed by atoms with E-state index in [4.69, 9.17) is 14.7 Å². The molecule has 0 fully saturated rings. The van der Waals surface area contributed by atoms with Gasteiger partial charge >= 0.3 is 0 Å². The molecule has 0 bridgehead atoms. The lowest BCUT2D eigenvalue weighted by atomic mass is 10.1. The molecule has 0 aliphatic heterocycles. The van der Waals surface area contributed by atoms with Gasteiger partial charge in [-0.2, -0.15) is 4.31 Å². The second kappa shape index (κ2) is 13.9. The highest BCUT2D eigenvalue weighted by Crippen LogP contribution is 2.26. The standard InChI is InChI=1S/C25H29N7O6S3/c1-31(2)12-14-37-20-9-8-19-24(28-20)40-25(27-19)29-23(34)22(30-38-16-21-26-10-15-39-21)17-4-6-18(7-5-17)41(35,36)32(3)11-13-33/h4-10,15,33H,11-14,16H2,1-3H3,(H,27,29,34)/b30-22+. The number of hydrogen-bond donors (Lipinski definition) is 2. The number of aliphatic hydroxyl groups is 1. The zero-order valence-electron chi connectivity index (χ0n) is 22.6. The number of thiazole rings is 2. The summed E-state index contributed by atoms with van der Waals surface area (Å²) in [4.78, 5) is 34.4. The third-order valence-electron chi connectivity index (χ3n) is 5.53. The van der Waals surface area contributed by atoms with Gasteiger partial charge in [0.1, 0.15) is 22.0 Å². The number of pyridine rings is 1. The van der Waals surface area contributed by atoms with Gasteiger partial charge in [-0.1, -0.05) is 28.6 Å². The average molecular weight is 620 g/mol. The Bertz CT molecular complexity index is 1590. The Morgan fingerprint density at radius 2 is 1.88 bits per heavy atom. The maximum absolute atomic E-state index is 13.4. The van der Waals surface area contributed by atoms with E-state index in [1.54, 1.807) is 23.7 Å². The summed E-state index contributed by atoms with van der Waals surface area (Å²) >= 11 is 2.55. The first-order valence-corrected chi connectivity index (χ1v) is 15.4. The van der Waals surface area contributed by atoms with Gasteiger partial charge in [-0.15, -0.1) is 11.3 Å². The predicted octanol–water partition coefficient (Wildman–Crippen LogP) is 2.26. The van der Waals surface area contributed by atoms with E-state index < -0.39 is 15.9 Å². The molecule has 13 nitrogen and oxygen atoms in total. The number of rotatable bonds is 14. The number of benzene rings is 1. The SMILES string of the molecule is CN(C)CCOc1ccc2nc(NC(=O)/C(=N/OCc3nccs3)c3ccc(S(=O)(=O)N(C)CCO)cc3)sc2n1. The number of hydrogen-bond acceptors (Lipinski definition) is 13. The Labute approximate surface area is 245 Å². The Morgan fingerprint density at radius 1 is 1.10 bits per heavy atom. The maximum Gasteiger partial charge on any atom is 0.280 e. The van der Waals surface area contributed by atoms with Crippen molar-refractivity contribution in [2.24, 2.45) is 5.16 Å². The van der Waals surface area contributed by atoms with E-state index >= 15 is 0 Å². The number of anilines is 1. The molecule has 0 saturated heterocycles.